The van der Waals surface area contributed by atoms with E-state index in [9.17, 15) is 13.2 Å². The molecule has 128 valence electrons. The minimum absolute atomic E-state index is 0.0969. The number of hydrogen-bond acceptors (Lipinski definition) is 4. The molecule has 0 bridgehead atoms. The SMILES string of the molecule is CCc1ccccc1OCC(=O)Nc1ccc(NS(C)(=O)=O)cc1. The van der Waals surface area contributed by atoms with Crippen LogP contribution in [0.5, 0.6) is 5.75 Å². The molecule has 0 radical (unpaired) electrons. The second-order valence-electron chi connectivity index (χ2n) is 5.25. The number of hydrogen-bond donors (Lipinski definition) is 2. The average Bonchev–Trinajstić information content (AvgIpc) is 2.53. The number of carbonyl (C=O) groups is 1. The molecule has 0 heterocycles. The number of benzene rings is 2. The van der Waals surface area contributed by atoms with E-state index >= 15 is 0 Å². The largest absolute Gasteiger partial charge is 0.483 e. The number of amides is 1. The topological polar surface area (TPSA) is 84.5 Å². The van der Waals surface area contributed by atoms with Gasteiger partial charge in [-0.15, -0.1) is 0 Å². The first-order valence-corrected chi connectivity index (χ1v) is 9.35. The highest BCUT2D eigenvalue weighted by molar-refractivity contribution is 7.92. The van der Waals surface area contributed by atoms with Gasteiger partial charge in [0.2, 0.25) is 10.0 Å². The lowest BCUT2D eigenvalue weighted by Crippen LogP contribution is -2.20. The van der Waals surface area contributed by atoms with E-state index in [1.165, 1.54) is 0 Å². The van der Waals surface area contributed by atoms with E-state index in [0.717, 1.165) is 18.2 Å². The van der Waals surface area contributed by atoms with Crippen LogP contribution in [0.15, 0.2) is 48.5 Å². The summed E-state index contributed by atoms with van der Waals surface area (Å²) in [6.07, 6.45) is 1.90. The Morgan fingerprint density at radius 2 is 1.67 bits per heavy atom. The molecule has 0 saturated carbocycles. The monoisotopic (exact) mass is 348 g/mol. The summed E-state index contributed by atoms with van der Waals surface area (Å²) in [5.74, 6) is 0.410. The maximum absolute atomic E-state index is 12.0. The van der Waals surface area contributed by atoms with Gasteiger partial charge in [0.25, 0.3) is 5.91 Å². The van der Waals surface area contributed by atoms with Gasteiger partial charge < -0.3 is 10.1 Å². The number of aryl methyl sites for hydroxylation is 1. The molecule has 0 aliphatic carbocycles. The summed E-state index contributed by atoms with van der Waals surface area (Å²) in [4.78, 5) is 12.0. The van der Waals surface area contributed by atoms with E-state index < -0.39 is 10.0 Å². The Morgan fingerprint density at radius 1 is 1.04 bits per heavy atom. The Bertz CT molecular complexity index is 802. The number of sulfonamides is 1. The van der Waals surface area contributed by atoms with Crippen LogP contribution in [-0.4, -0.2) is 27.2 Å². The Morgan fingerprint density at radius 3 is 2.29 bits per heavy atom. The van der Waals surface area contributed by atoms with Crippen LogP contribution in [0.4, 0.5) is 11.4 Å². The van der Waals surface area contributed by atoms with Gasteiger partial charge in [0.05, 0.1) is 6.26 Å². The molecule has 2 aromatic carbocycles. The van der Waals surface area contributed by atoms with Crippen molar-refractivity contribution in [2.24, 2.45) is 0 Å². The van der Waals surface area contributed by atoms with E-state index in [1.54, 1.807) is 24.3 Å². The average molecular weight is 348 g/mol. The summed E-state index contributed by atoms with van der Waals surface area (Å²) in [5.41, 5.74) is 2.04. The van der Waals surface area contributed by atoms with Gasteiger partial charge in [0, 0.05) is 11.4 Å². The van der Waals surface area contributed by atoms with Gasteiger partial charge in [0.15, 0.2) is 6.61 Å². The lowest BCUT2D eigenvalue weighted by molar-refractivity contribution is -0.118. The highest BCUT2D eigenvalue weighted by atomic mass is 32.2. The van der Waals surface area contributed by atoms with Gasteiger partial charge in [-0.1, -0.05) is 25.1 Å². The van der Waals surface area contributed by atoms with Crippen molar-refractivity contribution < 1.29 is 17.9 Å². The number of nitrogens with one attached hydrogen (secondary N) is 2. The van der Waals surface area contributed by atoms with Crippen LogP contribution < -0.4 is 14.8 Å². The normalized spacial score (nSPS) is 10.9. The third-order valence-electron chi connectivity index (χ3n) is 3.18. The van der Waals surface area contributed by atoms with Gasteiger partial charge in [-0.05, 0) is 42.3 Å². The zero-order valence-electron chi connectivity index (χ0n) is 13.6. The molecule has 2 N–H and O–H groups in total. The lowest BCUT2D eigenvalue weighted by atomic mass is 10.1. The summed E-state index contributed by atoms with van der Waals surface area (Å²) in [5, 5.41) is 2.70. The molecule has 0 aliphatic heterocycles. The van der Waals surface area contributed by atoms with Gasteiger partial charge >= 0.3 is 0 Å². The Kier molecular flexibility index (Phi) is 5.81. The standard InChI is InChI=1S/C17H20N2O4S/c1-3-13-6-4-5-7-16(13)23-12-17(20)18-14-8-10-15(11-9-14)19-24(2,21)22/h4-11,19H,3,12H2,1-2H3,(H,18,20). The van der Waals surface area contributed by atoms with Crippen LogP contribution in [0.1, 0.15) is 12.5 Å². The van der Waals surface area contributed by atoms with Crippen molar-refractivity contribution >= 4 is 27.3 Å². The highest BCUT2D eigenvalue weighted by Crippen LogP contribution is 2.18. The zero-order chi connectivity index (χ0) is 17.6. The summed E-state index contributed by atoms with van der Waals surface area (Å²) >= 11 is 0. The second-order valence-corrected chi connectivity index (χ2v) is 7.00. The van der Waals surface area contributed by atoms with Crippen molar-refractivity contribution in [2.45, 2.75) is 13.3 Å². The molecule has 0 aliphatic rings. The Labute approximate surface area is 141 Å². The zero-order valence-corrected chi connectivity index (χ0v) is 14.4. The molecule has 2 rings (SSSR count). The number of anilines is 2. The first-order chi connectivity index (χ1) is 11.4. The molecule has 6 nitrogen and oxygen atoms in total. The molecule has 2 aromatic rings. The molecule has 0 saturated heterocycles. The first kappa shape index (κ1) is 17.8. The number of para-hydroxylation sites is 1. The maximum Gasteiger partial charge on any atom is 0.262 e. The van der Waals surface area contributed by atoms with Crippen molar-refractivity contribution in [2.75, 3.05) is 22.9 Å². The van der Waals surface area contributed by atoms with Gasteiger partial charge in [-0.25, -0.2) is 8.42 Å². The van der Waals surface area contributed by atoms with Gasteiger partial charge in [-0.3, -0.25) is 9.52 Å². The van der Waals surface area contributed by atoms with Crippen molar-refractivity contribution in [3.8, 4) is 5.75 Å². The molecule has 7 heteroatoms. The Hall–Kier alpha value is -2.54. The van der Waals surface area contributed by atoms with E-state index in [2.05, 4.69) is 10.0 Å². The van der Waals surface area contributed by atoms with Crippen molar-refractivity contribution in [3.63, 3.8) is 0 Å². The van der Waals surface area contributed by atoms with Crippen LogP contribution in [-0.2, 0) is 21.2 Å². The van der Waals surface area contributed by atoms with Crippen LogP contribution in [0.2, 0.25) is 0 Å². The van der Waals surface area contributed by atoms with Crippen molar-refractivity contribution in [1.29, 1.82) is 0 Å². The minimum atomic E-state index is -3.32. The molecule has 1 amide bonds. The summed E-state index contributed by atoms with van der Waals surface area (Å²) in [6, 6.07) is 14.0. The highest BCUT2D eigenvalue weighted by Gasteiger charge is 2.07. The predicted molar refractivity (Wildman–Crippen MR) is 94.9 cm³/mol. The lowest BCUT2D eigenvalue weighted by Gasteiger charge is -2.11. The Balaban J connectivity index is 1.90. The number of rotatable bonds is 7. The first-order valence-electron chi connectivity index (χ1n) is 7.46. The smallest absolute Gasteiger partial charge is 0.262 e. The molecule has 0 fully saturated rings. The van der Waals surface area contributed by atoms with E-state index in [4.69, 9.17) is 4.74 Å². The number of ether oxygens (including phenoxy) is 1. The van der Waals surface area contributed by atoms with Crippen molar-refractivity contribution in [1.82, 2.24) is 0 Å². The van der Waals surface area contributed by atoms with Gasteiger partial charge in [0.1, 0.15) is 5.75 Å². The fourth-order valence-corrected chi connectivity index (χ4v) is 2.68. The van der Waals surface area contributed by atoms with E-state index in [-0.39, 0.29) is 12.5 Å². The second kappa shape index (κ2) is 7.83. The quantitative estimate of drug-likeness (QED) is 0.805. The summed E-state index contributed by atoms with van der Waals surface area (Å²) in [6.45, 7) is 1.93. The van der Waals surface area contributed by atoms with Crippen molar-refractivity contribution in [3.05, 3.63) is 54.1 Å². The minimum Gasteiger partial charge on any atom is -0.483 e. The van der Waals surface area contributed by atoms with Crippen LogP contribution in [0.25, 0.3) is 0 Å². The summed E-state index contributed by atoms with van der Waals surface area (Å²) < 4.78 is 30.2. The molecule has 24 heavy (non-hydrogen) atoms. The molecular formula is C17H20N2O4S. The third-order valence-corrected chi connectivity index (χ3v) is 3.79. The predicted octanol–water partition coefficient (Wildman–Crippen LogP) is 2.64. The van der Waals surface area contributed by atoms with E-state index in [0.29, 0.717) is 17.1 Å². The molecule has 0 unspecified atom stereocenters. The fourth-order valence-electron chi connectivity index (χ4n) is 2.11. The third kappa shape index (κ3) is 5.58. The number of carbonyl (C=O) groups excluding carboxylic acids is 1. The van der Waals surface area contributed by atoms with E-state index in [1.807, 2.05) is 31.2 Å². The van der Waals surface area contributed by atoms with Crippen LogP contribution in [0, 0.1) is 0 Å². The molecule has 0 atom stereocenters. The van der Waals surface area contributed by atoms with Gasteiger partial charge in [-0.2, -0.15) is 0 Å². The fraction of sp³-hybridized carbons (Fsp3) is 0.235. The molecule has 0 spiro atoms. The molecular weight excluding hydrogens is 328 g/mol. The van der Waals surface area contributed by atoms with Crippen LogP contribution >= 0.6 is 0 Å². The summed E-state index contributed by atoms with van der Waals surface area (Å²) in [7, 11) is -3.32. The van der Waals surface area contributed by atoms with Crippen LogP contribution in [0.3, 0.4) is 0 Å². The maximum atomic E-state index is 12.0. The molecule has 0 aromatic heterocycles.